The molecule has 2 aromatic rings. The van der Waals surface area contributed by atoms with Crippen LogP contribution in [0.25, 0.3) is 0 Å². The molecule has 0 amide bonds. The molecule has 1 aliphatic heterocycles. The Bertz CT molecular complexity index is 1020. The van der Waals surface area contributed by atoms with Gasteiger partial charge in [0.2, 0.25) is 0 Å². The van der Waals surface area contributed by atoms with Crippen molar-refractivity contribution in [2.45, 2.75) is 30.8 Å². The van der Waals surface area contributed by atoms with Crippen molar-refractivity contribution in [1.29, 1.82) is 0 Å². The second kappa shape index (κ2) is 7.74. The van der Waals surface area contributed by atoms with E-state index >= 15 is 0 Å². The van der Waals surface area contributed by atoms with E-state index in [-0.39, 0.29) is 35.0 Å². The maximum absolute atomic E-state index is 12.6. The van der Waals surface area contributed by atoms with Gasteiger partial charge in [0.15, 0.2) is 6.10 Å². The summed E-state index contributed by atoms with van der Waals surface area (Å²) in [5, 5.41) is 49.1. The molecule has 1 aliphatic carbocycles. The van der Waals surface area contributed by atoms with Crippen LogP contribution in [0.3, 0.4) is 0 Å². The molecule has 0 fully saturated rings. The van der Waals surface area contributed by atoms with E-state index in [9.17, 15) is 30.3 Å². The van der Waals surface area contributed by atoms with Crippen molar-refractivity contribution >= 4 is 5.97 Å². The van der Waals surface area contributed by atoms with Crippen molar-refractivity contribution in [3.63, 3.8) is 0 Å². The predicted molar refractivity (Wildman–Crippen MR) is 104 cm³/mol. The van der Waals surface area contributed by atoms with Gasteiger partial charge in [0, 0.05) is 24.1 Å². The van der Waals surface area contributed by atoms with E-state index < -0.39 is 30.4 Å². The second-order valence-electron chi connectivity index (χ2n) is 7.18. The van der Waals surface area contributed by atoms with Gasteiger partial charge in [-0.05, 0) is 35.9 Å². The lowest BCUT2D eigenvalue weighted by Crippen LogP contribution is -2.43. The molecule has 0 aromatic heterocycles. The molecule has 0 radical (unpaired) electrons. The monoisotopic (exact) mass is 412 g/mol. The zero-order valence-corrected chi connectivity index (χ0v) is 15.7. The number of phenolic OH excluding ortho intramolecular Hbond substituents is 3. The number of fused-ring (bicyclic) bond motifs is 1. The number of rotatable bonds is 3. The second-order valence-corrected chi connectivity index (χ2v) is 7.18. The van der Waals surface area contributed by atoms with Gasteiger partial charge in [-0.2, -0.15) is 0 Å². The molecule has 30 heavy (non-hydrogen) atoms. The maximum Gasteiger partial charge on any atom is 0.338 e. The molecule has 0 bridgehead atoms. The van der Waals surface area contributed by atoms with Crippen molar-refractivity contribution in [2.75, 3.05) is 0 Å². The van der Waals surface area contributed by atoms with Crippen LogP contribution in [0.5, 0.6) is 23.0 Å². The highest BCUT2D eigenvalue weighted by molar-refractivity contribution is 5.89. The van der Waals surface area contributed by atoms with Crippen molar-refractivity contribution in [2.24, 2.45) is 0 Å². The van der Waals surface area contributed by atoms with Crippen LogP contribution < -0.4 is 4.74 Å². The van der Waals surface area contributed by atoms with Crippen LogP contribution in [0.4, 0.5) is 0 Å². The van der Waals surface area contributed by atoms with E-state index in [0.717, 1.165) is 0 Å². The molecule has 156 valence electrons. The fraction of sp³-hybridized carbons (Fsp3) is 0.227. The Balaban J connectivity index is 1.67. The maximum atomic E-state index is 12.6. The standard InChI is InChI=1S/C22H20O8/c23-13-4-1-11(2-5-13)22(28)30-20-10-15-17(26)8-14(24)9-19(15)29-21(20)12-3-6-16(25)18(27)7-12/h1-9,16,18,20-21,23-27H,10H2/t16?,18?,20-,21-/m1/s1. The van der Waals surface area contributed by atoms with Crippen LogP contribution >= 0.6 is 0 Å². The van der Waals surface area contributed by atoms with Gasteiger partial charge < -0.3 is 35.0 Å². The SMILES string of the molecule is O=C(O[C@@H]1Cc2c(O)cc(O)cc2O[C@@H]1C1=CC(O)C(O)C=C1)c1ccc(O)cc1. The molecule has 2 aliphatic rings. The average molecular weight is 412 g/mol. The smallest absolute Gasteiger partial charge is 0.338 e. The van der Waals surface area contributed by atoms with Crippen LogP contribution in [0.15, 0.2) is 60.2 Å². The summed E-state index contributed by atoms with van der Waals surface area (Å²) in [5.74, 6) is -0.805. The van der Waals surface area contributed by atoms with Gasteiger partial charge in [0.25, 0.3) is 0 Å². The Hall–Kier alpha value is -3.49. The molecular formula is C22H20O8. The quantitative estimate of drug-likeness (QED) is 0.479. The van der Waals surface area contributed by atoms with Gasteiger partial charge in [-0.25, -0.2) is 4.79 Å². The third-order valence-corrected chi connectivity index (χ3v) is 5.06. The minimum Gasteiger partial charge on any atom is -0.508 e. The van der Waals surface area contributed by atoms with Crippen molar-refractivity contribution in [3.8, 4) is 23.0 Å². The molecule has 5 N–H and O–H groups in total. The van der Waals surface area contributed by atoms with Crippen LogP contribution in [0.2, 0.25) is 0 Å². The van der Waals surface area contributed by atoms with E-state index in [4.69, 9.17) is 9.47 Å². The first-order valence-electron chi connectivity index (χ1n) is 9.29. The molecule has 0 saturated heterocycles. The van der Waals surface area contributed by atoms with E-state index in [1.165, 1.54) is 48.6 Å². The highest BCUT2D eigenvalue weighted by Gasteiger charge is 2.38. The summed E-state index contributed by atoms with van der Waals surface area (Å²) in [6.45, 7) is 0. The summed E-state index contributed by atoms with van der Waals surface area (Å²) >= 11 is 0. The van der Waals surface area contributed by atoms with Crippen molar-refractivity contribution < 1.29 is 39.8 Å². The van der Waals surface area contributed by atoms with E-state index in [2.05, 4.69) is 0 Å². The number of hydrogen-bond acceptors (Lipinski definition) is 8. The first-order chi connectivity index (χ1) is 14.3. The van der Waals surface area contributed by atoms with Gasteiger partial charge in [0.1, 0.15) is 41.3 Å². The van der Waals surface area contributed by atoms with Crippen LogP contribution in [0.1, 0.15) is 15.9 Å². The lowest BCUT2D eigenvalue weighted by Gasteiger charge is -2.35. The van der Waals surface area contributed by atoms with Crippen LogP contribution in [-0.4, -0.2) is 55.9 Å². The van der Waals surface area contributed by atoms with Crippen molar-refractivity contribution in [1.82, 2.24) is 0 Å². The number of esters is 1. The fourth-order valence-corrected chi connectivity index (χ4v) is 3.50. The van der Waals surface area contributed by atoms with Gasteiger partial charge in [-0.3, -0.25) is 0 Å². The van der Waals surface area contributed by atoms with Gasteiger partial charge in [-0.15, -0.1) is 0 Å². The van der Waals surface area contributed by atoms with Crippen molar-refractivity contribution in [3.05, 3.63) is 71.3 Å². The Kier molecular flexibility index (Phi) is 5.11. The fourth-order valence-electron chi connectivity index (χ4n) is 3.50. The van der Waals surface area contributed by atoms with E-state index in [0.29, 0.717) is 11.1 Å². The number of aliphatic hydroxyl groups is 2. The molecule has 2 aromatic carbocycles. The number of hydrogen-bond donors (Lipinski definition) is 5. The number of aliphatic hydroxyl groups excluding tert-OH is 2. The molecule has 8 nitrogen and oxygen atoms in total. The highest BCUT2D eigenvalue weighted by Crippen LogP contribution is 2.40. The highest BCUT2D eigenvalue weighted by atomic mass is 16.6. The Labute approximate surface area is 171 Å². The number of phenols is 3. The minimum absolute atomic E-state index is 0.00845. The molecule has 2 unspecified atom stereocenters. The molecular weight excluding hydrogens is 392 g/mol. The van der Waals surface area contributed by atoms with Gasteiger partial charge >= 0.3 is 5.97 Å². The number of carbonyl (C=O) groups excluding carboxylic acids is 1. The van der Waals surface area contributed by atoms with Gasteiger partial charge in [0.05, 0.1) is 5.56 Å². The molecule has 4 rings (SSSR count). The van der Waals surface area contributed by atoms with Crippen LogP contribution in [0, 0.1) is 0 Å². The zero-order chi connectivity index (χ0) is 21.4. The molecule has 1 heterocycles. The summed E-state index contributed by atoms with van der Waals surface area (Å²) in [6.07, 6.45) is 0.543. The molecule has 0 saturated carbocycles. The predicted octanol–water partition coefficient (Wildman–Crippen LogP) is 1.55. The zero-order valence-electron chi connectivity index (χ0n) is 15.7. The Morgan fingerprint density at radius 1 is 1.00 bits per heavy atom. The third-order valence-electron chi connectivity index (χ3n) is 5.06. The third kappa shape index (κ3) is 3.83. The number of benzene rings is 2. The lowest BCUT2D eigenvalue weighted by atomic mass is 9.90. The Morgan fingerprint density at radius 2 is 1.73 bits per heavy atom. The lowest BCUT2D eigenvalue weighted by molar-refractivity contribution is -0.00728. The first-order valence-corrected chi connectivity index (χ1v) is 9.29. The number of ether oxygens (including phenoxy) is 2. The van der Waals surface area contributed by atoms with Crippen LogP contribution in [-0.2, 0) is 11.2 Å². The summed E-state index contributed by atoms with van der Waals surface area (Å²) in [5.41, 5.74) is 1.06. The van der Waals surface area contributed by atoms with E-state index in [1.807, 2.05) is 0 Å². The summed E-state index contributed by atoms with van der Waals surface area (Å²) in [6, 6.07) is 8.07. The largest absolute Gasteiger partial charge is 0.508 e. The van der Waals surface area contributed by atoms with E-state index in [1.54, 1.807) is 6.08 Å². The summed E-state index contributed by atoms with van der Waals surface area (Å²) in [4.78, 5) is 12.6. The topological polar surface area (TPSA) is 137 Å². The molecule has 8 heteroatoms. The number of aromatic hydroxyl groups is 3. The normalized spacial score (nSPS) is 25.1. The molecule has 0 spiro atoms. The first kappa shape index (κ1) is 19.8. The Morgan fingerprint density at radius 3 is 2.43 bits per heavy atom. The average Bonchev–Trinajstić information content (AvgIpc) is 2.70. The summed E-state index contributed by atoms with van der Waals surface area (Å²) in [7, 11) is 0. The van der Waals surface area contributed by atoms with Gasteiger partial charge in [-0.1, -0.05) is 12.2 Å². The molecule has 4 atom stereocenters. The summed E-state index contributed by atoms with van der Waals surface area (Å²) < 4.78 is 11.6. The number of carbonyl (C=O) groups is 1. The minimum atomic E-state index is -1.15.